The van der Waals surface area contributed by atoms with Crippen molar-refractivity contribution in [1.29, 1.82) is 0 Å². The van der Waals surface area contributed by atoms with Gasteiger partial charge < -0.3 is 34.9 Å². The van der Waals surface area contributed by atoms with Crippen molar-refractivity contribution in [2.45, 2.75) is 19.1 Å². The number of carbonyl (C=O) groups is 3. The van der Waals surface area contributed by atoms with Gasteiger partial charge in [-0.3, -0.25) is 9.69 Å². The number of hydrogen-bond acceptors (Lipinski definition) is 9. The lowest BCUT2D eigenvalue weighted by molar-refractivity contribution is -0.118. The molecule has 0 saturated carbocycles. The molecule has 0 radical (unpaired) electrons. The summed E-state index contributed by atoms with van der Waals surface area (Å²) in [6.07, 6.45) is -1.04. The Hall–Kier alpha value is -4.91. The van der Waals surface area contributed by atoms with Gasteiger partial charge in [0.2, 0.25) is 5.88 Å². The van der Waals surface area contributed by atoms with Crippen LogP contribution in [0.5, 0.6) is 11.6 Å². The van der Waals surface area contributed by atoms with Crippen LogP contribution in [-0.2, 0) is 16.1 Å². The molecule has 3 N–H and O–H groups in total. The molecule has 3 amide bonds. The first-order valence-electron chi connectivity index (χ1n) is 13.7. The van der Waals surface area contributed by atoms with Gasteiger partial charge in [-0.1, -0.05) is 24.3 Å². The van der Waals surface area contributed by atoms with Crippen molar-refractivity contribution >= 4 is 29.7 Å². The van der Waals surface area contributed by atoms with E-state index in [1.807, 2.05) is 30.3 Å². The van der Waals surface area contributed by atoms with E-state index in [0.29, 0.717) is 69.0 Å². The molecule has 1 aromatic carbocycles. The number of nitrogens with one attached hydrogen (secondary N) is 2. The van der Waals surface area contributed by atoms with Crippen molar-refractivity contribution in [3.05, 3.63) is 60.2 Å². The summed E-state index contributed by atoms with van der Waals surface area (Å²) in [4.78, 5) is 46.8. The third kappa shape index (κ3) is 6.20. The molecule has 3 aliphatic heterocycles. The van der Waals surface area contributed by atoms with Crippen LogP contribution < -0.4 is 25.0 Å². The number of anilines is 2. The van der Waals surface area contributed by atoms with Crippen molar-refractivity contribution in [1.82, 2.24) is 20.2 Å². The largest absolute Gasteiger partial charge is 0.480 e. The molecule has 2 saturated heterocycles. The molecule has 42 heavy (non-hydrogen) atoms. The summed E-state index contributed by atoms with van der Waals surface area (Å²) in [6, 6.07) is 17.0. The van der Waals surface area contributed by atoms with Gasteiger partial charge in [-0.25, -0.2) is 19.6 Å². The van der Waals surface area contributed by atoms with Crippen molar-refractivity contribution in [3.8, 4) is 22.9 Å². The van der Waals surface area contributed by atoms with E-state index in [4.69, 9.17) is 19.3 Å². The number of amides is 3. The zero-order valence-electron chi connectivity index (χ0n) is 22.7. The molecule has 2 aromatic heterocycles. The summed E-state index contributed by atoms with van der Waals surface area (Å²) >= 11 is 0. The molecule has 13 nitrogen and oxygen atoms in total. The first-order valence-corrected chi connectivity index (χ1v) is 13.7. The number of carbonyl (C=O) groups excluding carboxylic acids is 2. The standard InChI is InChI=1S/C29H30N6O7/c36-25-17-40-23-7-8-24(32-27(23)33-25)35-15-21(42-29(35)39)9-10-30-12-18-3-1-4-20(11-18)22-5-2-6-26(31-22)41-16-19-13-34(14-19)28(37)38/h1-8,11,19,21,30H,9-10,12-17H2,(H,37,38)(H,32,33,36). The number of cyclic esters (lactones) is 1. The van der Waals surface area contributed by atoms with E-state index < -0.39 is 12.2 Å². The minimum atomic E-state index is -0.901. The third-order valence-electron chi connectivity index (χ3n) is 7.22. The summed E-state index contributed by atoms with van der Waals surface area (Å²) in [5.74, 6) is 1.55. The van der Waals surface area contributed by atoms with Gasteiger partial charge in [0.05, 0.1) is 18.8 Å². The van der Waals surface area contributed by atoms with Crippen LogP contribution in [0, 0.1) is 5.92 Å². The SMILES string of the molecule is O=C1COc2ccc(N3CC(CCNCc4cccc(-c5cccc(OCC6CN(C(=O)O)C6)n5)c4)OC3=O)nc2N1. The van der Waals surface area contributed by atoms with E-state index in [-0.39, 0.29) is 24.5 Å². The minimum Gasteiger partial charge on any atom is -0.480 e. The lowest BCUT2D eigenvalue weighted by atomic mass is 10.0. The highest BCUT2D eigenvalue weighted by molar-refractivity contribution is 5.95. The van der Waals surface area contributed by atoms with Gasteiger partial charge in [-0.2, -0.15) is 0 Å². The van der Waals surface area contributed by atoms with Crippen LogP contribution in [0.25, 0.3) is 11.3 Å². The number of rotatable bonds is 10. The highest BCUT2D eigenvalue weighted by Gasteiger charge is 2.34. The summed E-state index contributed by atoms with van der Waals surface area (Å²) in [6.45, 7) is 2.95. The summed E-state index contributed by atoms with van der Waals surface area (Å²) in [7, 11) is 0. The fourth-order valence-electron chi connectivity index (χ4n) is 4.99. The molecule has 3 aliphatic rings. The number of ether oxygens (including phenoxy) is 3. The predicted molar refractivity (Wildman–Crippen MR) is 151 cm³/mol. The third-order valence-corrected chi connectivity index (χ3v) is 7.22. The number of nitrogens with zero attached hydrogens (tertiary/aromatic N) is 4. The molecule has 0 aliphatic carbocycles. The summed E-state index contributed by atoms with van der Waals surface area (Å²) < 4.78 is 16.7. The average Bonchev–Trinajstić information content (AvgIpc) is 3.34. The predicted octanol–water partition coefficient (Wildman–Crippen LogP) is 2.97. The van der Waals surface area contributed by atoms with E-state index in [1.165, 1.54) is 9.80 Å². The number of carboxylic acid groups (broad SMARTS) is 1. The molecule has 6 rings (SSSR count). The highest BCUT2D eigenvalue weighted by atomic mass is 16.6. The molecule has 0 bridgehead atoms. The first-order chi connectivity index (χ1) is 20.4. The maximum absolute atomic E-state index is 12.5. The Morgan fingerprint density at radius 2 is 1.95 bits per heavy atom. The van der Waals surface area contributed by atoms with Crippen LogP contribution in [0.2, 0.25) is 0 Å². The Balaban J connectivity index is 0.970. The number of fused-ring (bicyclic) bond motifs is 1. The molecule has 218 valence electrons. The number of benzene rings is 1. The van der Waals surface area contributed by atoms with Crippen molar-refractivity contribution in [2.24, 2.45) is 5.92 Å². The molecule has 5 heterocycles. The topological polar surface area (TPSA) is 155 Å². The van der Waals surface area contributed by atoms with Gasteiger partial charge in [-0.05, 0) is 42.8 Å². The molecule has 0 spiro atoms. The smallest absolute Gasteiger partial charge is 0.415 e. The molecular formula is C29H30N6O7. The van der Waals surface area contributed by atoms with Gasteiger partial charge in [-0.15, -0.1) is 0 Å². The van der Waals surface area contributed by atoms with E-state index in [1.54, 1.807) is 18.2 Å². The van der Waals surface area contributed by atoms with Crippen LogP contribution in [0.15, 0.2) is 54.6 Å². The van der Waals surface area contributed by atoms with Crippen LogP contribution >= 0.6 is 0 Å². The van der Waals surface area contributed by atoms with Crippen LogP contribution in [-0.4, -0.2) is 83.6 Å². The zero-order chi connectivity index (χ0) is 29.1. The molecule has 3 aromatic rings. The Labute approximate surface area is 241 Å². The highest BCUT2D eigenvalue weighted by Crippen LogP contribution is 2.30. The van der Waals surface area contributed by atoms with Crippen molar-refractivity contribution in [2.75, 3.05) is 49.6 Å². The molecule has 1 atom stereocenters. The second kappa shape index (κ2) is 11.9. The summed E-state index contributed by atoms with van der Waals surface area (Å²) in [5.41, 5.74) is 2.83. The molecule has 2 fully saturated rings. The number of pyridine rings is 2. The van der Waals surface area contributed by atoms with E-state index in [2.05, 4.69) is 26.7 Å². The molecule has 13 heteroatoms. The van der Waals surface area contributed by atoms with Gasteiger partial charge >= 0.3 is 12.2 Å². The Morgan fingerprint density at radius 1 is 1.10 bits per heavy atom. The Morgan fingerprint density at radius 3 is 2.81 bits per heavy atom. The zero-order valence-corrected chi connectivity index (χ0v) is 22.7. The van der Waals surface area contributed by atoms with Crippen LogP contribution in [0.1, 0.15) is 12.0 Å². The van der Waals surface area contributed by atoms with Gasteiger partial charge in [0.1, 0.15) is 11.9 Å². The number of hydrogen-bond donors (Lipinski definition) is 3. The fraction of sp³-hybridized carbons (Fsp3) is 0.345. The maximum atomic E-state index is 12.5. The van der Waals surface area contributed by atoms with Gasteiger partial charge in [0.25, 0.3) is 5.91 Å². The number of likely N-dealkylation sites (tertiary alicyclic amines) is 1. The Bertz CT molecular complexity index is 1490. The Kier molecular flexibility index (Phi) is 7.73. The molecule has 1 unspecified atom stereocenters. The first kappa shape index (κ1) is 27.3. The lowest BCUT2D eigenvalue weighted by Crippen LogP contribution is -2.51. The van der Waals surface area contributed by atoms with Crippen LogP contribution in [0.4, 0.5) is 21.2 Å². The van der Waals surface area contributed by atoms with Crippen molar-refractivity contribution < 1.29 is 33.7 Å². The fourth-order valence-corrected chi connectivity index (χ4v) is 4.99. The second-order valence-electron chi connectivity index (χ2n) is 10.4. The average molecular weight is 575 g/mol. The maximum Gasteiger partial charge on any atom is 0.415 e. The monoisotopic (exact) mass is 574 g/mol. The van der Waals surface area contributed by atoms with Crippen molar-refractivity contribution in [3.63, 3.8) is 0 Å². The van der Waals surface area contributed by atoms with E-state index in [9.17, 15) is 14.4 Å². The summed E-state index contributed by atoms with van der Waals surface area (Å²) in [5, 5.41) is 15.0. The molecular weight excluding hydrogens is 544 g/mol. The second-order valence-corrected chi connectivity index (χ2v) is 10.4. The van der Waals surface area contributed by atoms with E-state index in [0.717, 1.165) is 16.8 Å². The van der Waals surface area contributed by atoms with E-state index >= 15 is 0 Å². The van der Waals surface area contributed by atoms with Crippen LogP contribution in [0.3, 0.4) is 0 Å². The van der Waals surface area contributed by atoms with Gasteiger partial charge in [0, 0.05) is 37.2 Å². The number of aromatic nitrogens is 2. The quantitative estimate of drug-likeness (QED) is 0.308. The lowest BCUT2D eigenvalue weighted by Gasteiger charge is -2.36. The minimum absolute atomic E-state index is 0.0590. The van der Waals surface area contributed by atoms with Gasteiger partial charge in [0.15, 0.2) is 18.2 Å². The normalized spacial score (nSPS) is 18.0.